The van der Waals surface area contributed by atoms with Gasteiger partial charge in [-0.1, -0.05) is 18.5 Å². The highest BCUT2D eigenvalue weighted by atomic mass is 16.5. The van der Waals surface area contributed by atoms with Crippen molar-refractivity contribution >= 4 is 0 Å². The SMILES string of the molecule is CCC1CCCN(Cc2cc(C)on2)C1. The minimum atomic E-state index is 0.881. The van der Waals surface area contributed by atoms with E-state index in [4.69, 9.17) is 4.52 Å². The lowest BCUT2D eigenvalue weighted by atomic mass is 9.95. The van der Waals surface area contributed by atoms with Crippen LogP contribution in [0.2, 0.25) is 0 Å². The van der Waals surface area contributed by atoms with Crippen molar-refractivity contribution in [1.29, 1.82) is 0 Å². The fourth-order valence-corrected chi connectivity index (χ4v) is 2.35. The highest BCUT2D eigenvalue weighted by molar-refractivity contribution is 5.03. The first-order chi connectivity index (χ1) is 7.28. The van der Waals surface area contributed by atoms with Gasteiger partial charge in [0, 0.05) is 19.2 Å². The molecule has 0 aliphatic carbocycles. The summed E-state index contributed by atoms with van der Waals surface area (Å²) in [4.78, 5) is 2.50. The highest BCUT2D eigenvalue weighted by Crippen LogP contribution is 2.20. The maximum atomic E-state index is 5.08. The van der Waals surface area contributed by atoms with Crippen LogP contribution in [0.1, 0.15) is 37.6 Å². The summed E-state index contributed by atoms with van der Waals surface area (Å²) in [6, 6.07) is 2.04. The van der Waals surface area contributed by atoms with Crippen molar-refractivity contribution in [3.63, 3.8) is 0 Å². The molecule has 3 nitrogen and oxygen atoms in total. The van der Waals surface area contributed by atoms with Crippen LogP contribution in [0.25, 0.3) is 0 Å². The van der Waals surface area contributed by atoms with E-state index in [9.17, 15) is 0 Å². The molecule has 0 amide bonds. The molecule has 1 aromatic rings. The van der Waals surface area contributed by atoms with Gasteiger partial charge in [-0.15, -0.1) is 0 Å². The van der Waals surface area contributed by atoms with E-state index >= 15 is 0 Å². The van der Waals surface area contributed by atoms with Crippen molar-refractivity contribution in [3.8, 4) is 0 Å². The first kappa shape index (κ1) is 10.7. The van der Waals surface area contributed by atoms with E-state index in [1.165, 1.54) is 32.4 Å². The summed E-state index contributed by atoms with van der Waals surface area (Å²) in [5.74, 6) is 1.79. The lowest BCUT2D eigenvalue weighted by Crippen LogP contribution is -2.34. The molecule has 3 heteroatoms. The molecular weight excluding hydrogens is 188 g/mol. The average molecular weight is 208 g/mol. The van der Waals surface area contributed by atoms with Crippen LogP contribution in [0.3, 0.4) is 0 Å². The van der Waals surface area contributed by atoms with E-state index in [0.717, 1.165) is 23.9 Å². The van der Waals surface area contributed by atoms with E-state index < -0.39 is 0 Å². The number of aryl methyl sites for hydroxylation is 1. The van der Waals surface area contributed by atoms with Gasteiger partial charge < -0.3 is 4.52 Å². The topological polar surface area (TPSA) is 29.3 Å². The molecule has 1 saturated heterocycles. The summed E-state index contributed by atoms with van der Waals surface area (Å²) in [5, 5.41) is 4.04. The number of likely N-dealkylation sites (tertiary alicyclic amines) is 1. The van der Waals surface area contributed by atoms with Crippen LogP contribution in [0.5, 0.6) is 0 Å². The van der Waals surface area contributed by atoms with E-state index in [0.29, 0.717) is 0 Å². The molecule has 0 aromatic carbocycles. The Kier molecular flexibility index (Phi) is 3.41. The second-order valence-corrected chi connectivity index (χ2v) is 4.58. The third kappa shape index (κ3) is 2.81. The molecule has 0 radical (unpaired) electrons. The number of hydrogen-bond donors (Lipinski definition) is 0. The number of nitrogens with zero attached hydrogens (tertiary/aromatic N) is 2. The van der Waals surface area contributed by atoms with Crippen molar-refractivity contribution < 1.29 is 4.52 Å². The predicted octanol–water partition coefficient (Wildman–Crippen LogP) is 2.61. The minimum absolute atomic E-state index is 0.881. The summed E-state index contributed by atoms with van der Waals surface area (Å²) < 4.78 is 5.08. The van der Waals surface area contributed by atoms with Gasteiger partial charge in [-0.2, -0.15) is 0 Å². The normalized spacial score (nSPS) is 23.2. The smallest absolute Gasteiger partial charge is 0.133 e. The van der Waals surface area contributed by atoms with E-state index in [1.54, 1.807) is 0 Å². The summed E-state index contributed by atoms with van der Waals surface area (Å²) in [6.45, 7) is 7.62. The van der Waals surface area contributed by atoms with Gasteiger partial charge in [-0.05, 0) is 32.2 Å². The molecule has 84 valence electrons. The Hall–Kier alpha value is -0.830. The molecule has 0 spiro atoms. The molecule has 0 bridgehead atoms. The molecule has 1 aliphatic heterocycles. The van der Waals surface area contributed by atoms with Crippen molar-refractivity contribution in [3.05, 3.63) is 17.5 Å². The average Bonchev–Trinajstić information content (AvgIpc) is 2.64. The maximum absolute atomic E-state index is 5.08. The van der Waals surface area contributed by atoms with Gasteiger partial charge in [0.25, 0.3) is 0 Å². The molecular formula is C12H20N2O. The Morgan fingerprint density at radius 2 is 2.47 bits per heavy atom. The monoisotopic (exact) mass is 208 g/mol. The minimum Gasteiger partial charge on any atom is -0.361 e. The van der Waals surface area contributed by atoms with Crippen LogP contribution in [-0.2, 0) is 6.54 Å². The lowest BCUT2D eigenvalue weighted by Gasteiger charge is -2.31. The number of piperidine rings is 1. The van der Waals surface area contributed by atoms with Crippen LogP contribution in [-0.4, -0.2) is 23.1 Å². The Morgan fingerprint density at radius 3 is 3.13 bits per heavy atom. The van der Waals surface area contributed by atoms with Crippen LogP contribution in [0.15, 0.2) is 10.6 Å². The number of aromatic nitrogens is 1. The van der Waals surface area contributed by atoms with E-state index in [2.05, 4.69) is 17.0 Å². The van der Waals surface area contributed by atoms with E-state index in [-0.39, 0.29) is 0 Å². The second-order valence-electron chi connectivity index (χ2n) is 4.58. The summed E-state index contributed by atoms with van der Waals surface area (Å²) in [6.07, 6.45) is 4.02. The first-order valence-corrected chi connectivity index (χ1v) is 5.92. The van der Waals surface area contributed by atoms with Gasteiger partial charge in [0.1, 0.15) is 5.76 Å². The molecule has 2 rings (SSSR count). The Balaban J connectivity index is 1.88. The van der Waals surface area contributed by atoms with Crippen LogP contribution in [0.4, 0.5) is 0 Å². The van der Waals surface area contributed by atoms with Gasteiger partial charge in [0.15, 0.2) is 0 Å². The third-order valence-corrected chi connectivity index (χ3v) is 3.24. The van der Waals surface area contributed by atoms with Crippen molar-refractivity contribution in [2.45, 2.75) is 39.7 Å². The molecule has 1 aliphatic rings. The van der Waals surface area contributed by atoms with Crippen LogP contribution >= 0.6 is 0 Å². The number of hydrogen-bond acceptors (Lipinski definition) is 3. The quantitative estimate of drug-likeness (QED) is 0.764. The highest BCUT2D eigenvalue weighted by Gasteiger charge is 2.19. The molecule has 15 heavy (non-hydrogen) atoms. The molecule has 1 unspecified atom stereocenters. The molecule has 2 heterocycles. The van der Waals surface area contributed by atoms with Crippen LogP contribution < -0.4 is 0 Å². The van der Waals surface area contributed by atoms with Gasteiger partial charge in [0.05, 0.1) is 5.69 Å². The van der Waals surface area contributed by atoms with Crippen LogP contribution in [0, 0.1) is 12.8 Å². The Morgan fingerprint density at radius 1 is 1.60 bits per heavy atom. The standard InChI is InChI=1S/C12H20N2O/c1-3-11-5-4-6-14(8-11)9-12-7-10(2)15-13-12/h7,11H,3-6,8-9H2,1-2H3. The predicted molar refractivity (Wildman–Crippen MR) is 59.5 cm³/mol. The fourth-order valence-electron chi connectivity index (χ4n) is 2.35. The molecule has 1 atom stereocenters. The van der Waals surface area contributed by atoms with Crippen molar-refractivity contribution in [1.82, 2.24) is 10.1 Å². The van der Waals surface area contributed by atoms with Gasteiger partial charge in [-0.25, -0.2) is 0 Å². The Labute approximate surface area is 91.4 Å². The first-order valence-electron chi connectivity index (χ1n) is 5.92. The molecule has 1 fully saturated rings. The summed E-state index contributed by atoms with van der Waals surface area (Å²) in [5.41, 5.74) is 1.07. The van der Waals surface area contributed by atoms with E-state index in [1.807, 2.05) is 13.0 Å². The third-order valence-electron chi connectivity index (χ3n) is 3.24. The maximum Gasteiger partial charge on any atom is 0.133 e. The van der Waals surface area contributed by atoms with Gasteiger partial charge in [-0.3, -0.25) is 4.90 Å². The number of rotatable bonds is 3. The molecule has 0 saturated carbocycles. The van der Waals surface area contributed by atoms with Gasteiger partial charge >= 0.3 is 0 Å². The fraction of sp³-hybridized carbons (Fsp3) is 0.750. The van der Waals surface area contributed by atoms with Crippen molar-refractivity contribution in [2.75, 3.05) is 13.1 Å². The lowest BCUT2D eigenvalue weighted by molar-refractivity contribution is 0.161. The Bertz CT molecular complexity index is 308. The second kappa shape index (κ2) is 4.79. The summed E-state index contributed by atoms with van der Waals surface area (Å²) >= 11 is 0. The zero-order chi connectivity index (χ0) is 10.7. The van der Waals surface area contributed by atoms with Crippen molar-refractivity contribution in [2.24, 2.45) is 5.92 Å². The molecule has 1 aromatic heterocycles. The largest absolute Gasteiger partial charge is 0.361 e. The molecule has 0 N–H and O–H groups in total. The summed E-state index contributed by atoms with van der Waals surface area (Å²) in [7, 11) is 0. The van der Waals surface area contributed by atoms with Gasteiger partial charge in [0.2, 0.25) is 0 Å². The zero-order valence-electron chi connectivity index (χ0n) is 9.70. The zero-order valence-corrected chi connectivity index (χ0v) is 9.70.